The summed E-state index contributed by atoms with van der Waals surface area (Å²) in [5.41, 5.74) is 0.850. The third-order valence-corrected chi connectivity index (χ3v) is 2.04. The van der Waals surface area contributed by atoms with Crippen molar-refractivity contribution in [3.05, 3.63) is 47.4 Å². The molecule has 0 aliphatic rings. The van der Waals surface area contributed by atoms with E-state index in [2.05, 4.69) is 9.97 Å². The van der Waals surface area contributed by atoms with Crippen LogP contribution in [0.4, 0.5) is 0 Å². The highest BCUT2D eigenvalue weighted by Crippen LogP contribution is 2.22. The smallest absolute Gasteiger partial charge is 0.226 e. The van der Waals surface area contributed by atoms with Gasteiger partial charge in [0.25, 0.3) is 0 Å². The molecule has 76 valence electrons. The molecule has 4 heteroatoms. The maximum absolute atomic E-state index is 5.68. The van der Waals surface area contributed by atoms with Crippen molar-refractivity contribution in [1.82, 2.24) is 9.97 Å². The fourth-order valence-electron chi connectivity index (χ4n) is 1.11. The summed E-state index contributed by atoms with van der Waals surface area (Å²) in [7, 11) is 0. The zero-order valence-corrected chi connectivity index (χ0v) is 8.90. The fourth-order valence-corrected chi connectivity index (χ4v) is 1.24. The molecule has 0 fully saturated rings. The van der Waals surface area contributed by atoms with Gasteiger partial charge in [0.2, 0.25) is 11.2 Å². The highest BCUT2D eigenvalue weighted by Gasteiger charge is 2.04. The summed E-state index contributed by atoms with van der Waals surface area (Å²) in [5.74, 6) is 1.22. The first-order valence-electron chi connectivity index (χ1n) is 4.48. The molecule has 3 nitrogen and oxygen atoms in total. The molecule has 0 saturated heterocycles. The average molecular weight is 221 g/mol. The number of aryl methyl sites for hydroxylation is 1. The van der Waals surface area contributed by atoms with Gasteiger partial charge in [-0.3, -0.25) is 0 Å². The number of rotatable bonds is 2. The summed E-state index contributed by atoms with van der Waals surface area (Å²) in [4.78, 5) is 7.86. The van der Waals surface area contributed by atoms with Crippen molar-refractivity contribution in [2.45, 2.75) is 6.92 Å². The zero-order valence-electron chi connectivity index (χ0n) is 8.14. The molecule has 0 aliphatic carbocycles. The Morgan fingerprint density at radius 2 is 1.93 bits per heavy atom. The van der Waals surface area contributed by atoms with Crippen LogP contribution in [-0.4, -0.2) is 9.97 Å². The standard InChI is InChI=1S/C11H9ClN2O/c1-8-7-13-11(12)14-10(8)15-9-5-3-2-4-6-9/h2-7H,1H3. The van der Waals surface area contributed by atoms with Gasteiger partial charge in [0.05, 0.1) is 0 Å². The molecule has 0 saturated carbocycles. The molecule has 0 bridgehead atoms. The van der Waals surface area contributed by atoms with Crippen LogP contribution >= 0.6 is 11.6 Å². The predicted molar refractivity (Wildman–Crippen MR) is 58.3 cm³/mol. The molecule has 0 spiro atoms. The van der Waals surface area contributed by atoms with Crippen LogP contribution in [0.2, 0.25) is 5.28 Å². The summed E-state index contributed by atoms with van der Waals surface area (Å²) in [6.07, 6.45) is 1.63. The van der Waals surface area contributed by atoms with Crippen LogP contribution in [0.3, 0.4) is 0 Å². The molecule has 0 unspecified atom stereocenters. The first-order chi connectivity index (χ1) is 7.25. The van der Waals surface area contributed by atoms with Crippen molar-refractivity contribution >= 4 is 11.6 Å². The van der Waals surface area contributed by atoms with E-state index < -0.39 is 0 Å². The monoisotopic (exact) mass is 220 g/mol. The summed E-state index contributed by atoms with van der Waals surface area (Å²) >= 11 is 5.68. The molecule has 0 atom stereocenters. The minimum Gasteiger partial charge on any atom is -0.439 e. The number of benzene rings is 1. The molecule has 1 aromatic carbocycles. The van der Waals surface area contributed by atoms with Crippen molar-refractivity contribution in [1.29, 1.82) is 0 Å². The van der Waals surface area contributed by atoms with Gasteiger partial charge in [-0.15, -0.1) is 0 Å². The second-order valence-electron chi connectivity index (χ2n) is 3.04. The van der Waals surface area contributed by atoms with Gasteiger partial charge in [-0.05, 0) is 30.7 Å². The van der Waals surface area contributed by atoms with Crippen molar-refractivity contribution < 1.29 is 4.74 Å². The molecule has 1 aromatic heterocycles. The van der Waals surface area contributed by atoms with Crippen molar-refractivity contribution in [3.8, 4) is 11.6 Å². The van der Waals surface area contributed by atoms with Crippen molar-refractivity contribution in [2.75, 3.05) is 0 Å². The Morgan fingerprint density at radius 1 is 1.20 bits per heavy atom. The first-order valence-corrected chi connectivity index (χ1v) is 4.85. The van der Waals surface area contributed by atoms with E-state index in [1.807, 2.05) is 37.3 Å². The minimum absolute atomic E-state index is 0.187. The molecule has 2 aromatic rings. The number of nitrogens with zero attached hydrogens (tertiary/aromatic N) is 2. The van der Waals surface area contributed by atoms with Gasteiger partial charge in [-0.25, -0.2) is 4.98 Å². The number of halogens is 1. The van der Waals surface area contributed by atoms with E-state index in [-0.39, 0.29) is 5.28 Å². The van der Waals surface area contributed by atoms with Gasteiger partial charge < -0.3 is 4.74 Å². The van der Waals surface area contributed by atoms with Gasteiger partial charge in [0.15, 0.2) is 0 Å². The van der Waals surface area contributed by atoms with Gasteiger partial charge in [-0.2, -0.15) is 4.98 Å². The van der Waals surface area contributed by atoms with E-state index in [9.17, 15) is 0 Å². The van der Waals surface area contributed by atoms with E-state index >= 15 is 0 Å². The lowest BCUT2D eigenvalue weighted by Crippen LogP contribution is -1.93. The SMILES string of the molecule is Cc1cnc(Cl)nc1Oc1ccccc1. The van der Waals surface area contributed by atoms with Crippen LogP contribution in [0.1, 0.15) is 5.56 Å². The third-order valence-electron chi connectivity index (χ3n) is 1.85. The van der Waals surface area contributed by atoms with Crippen LogP contribution in [-0.2, 0) is 0 Å². The topological polar surface area (TPSA) is 35.0 Å². The number of hydrogen-bond acceptors (Lipinski definition) is 3. The van der Waals surface area contributed by atoms with Gasteiger partial charge >= 0.3 is 0 Å². The van der Waals surface area contributed by atoms with E-state index in [4.69, 9.17) is 16.3 Å². The molecular formula is C11H9ClN2O. The second kappa shape index (κ2) is 4.28. The van der Waals surface area contributed by atoms with E-state index in [0.29, 0.717) is 5.88 Å². The minimum atomic E-state index is 0.187. The molecule has 0 amide bonds. The van der Waals surface area contributed by atoms with E-state index in [0.717, 1.165) is 11.3 Å². The molecule has 0 radical (unpaired) electrons. The van der Waals surface area contributed by atoms with Crippen molar-refractivity contribution in [2.24, 2.45) is 0 Å². The quantitative estimate of drug-likeness (QED) is 0.729. The largest absolute Gasteiger partial charge is 0.439 e. The Morgan fingerprint density at radius 3 is 2.67 bits per heavy atom. The first kappa shape index (κ1) is 9.93. The van der Waals surface area contributed by atoms with E-state index in [1.54, 1.807) is 6.20 Å². The number of ether oxygens (including phenoxy) is 1. The summed E-state index contributed by atoms with van der Waals surface area (Å²) in [6.45, 7) is 1.87. The van der Waals surface area contributed by atoms with Gasteiger partial charge in [0, 0.05) is 11.8 Å². The van der Waals surface area contributed by atoms with Gasteiger partial charge in [-0.1, -0.05) is 18.2 Å². The normalized spacial score (nSPS) is 10.0. The Bertz CT molecular complexity index is 459. The van der Waals surface area contributed by atoms with Crippen molar-refractivity contribution in [3.63, 3.8) is 0 Å². The van der Waals surface area contributed by atoms with Crippen LogP contribution in [0.25, 0.3) is 0 Å². The molecule has 0 aliphatic heterocycles. The molecule has 2 rings (SSSR count). The van der Waals surface area contributed by atoms with Crippen LogP contribution in [0.5, 0.6) is 11.6 Å². The van der Waals surface area contributed by atoms with Crippen LogP contribution in [0, 0.1) is 6.92 Å². The second-order valence-corrected chi connectivity index (χ2v) is 3.38. The Labute approximate surface area is 92.7 Å². The highest BCUT2D eigenvalue weighted by molar-refractivity contribution is 6.28. The lowest BCUT2D eigenvalue weighted by molar-refractivity contribution is 0.457. The lowest BCUT2D eigenvalue weighted by atomic mass is 10.3. The summed E-state index contributed by atoms with van der Waals surface area (Å²) in [6, 6.07) is 9.43. The van der Waals surface area contributed by atoms with E-state index in [1.165, 1.54) is 0 Å². The number of hydrogen-bond donors (Lipinski definition) is 0. The lowest BCUT2D eigenvalue weighted by Gasteiger charge is -2.06. The van der Waals surface area contributed by atoms with Crippen LogP contribution in [0.15, 0.2) is 36.5 Å². The molecule has 15 heavy (non-hydrogen) atoms. The Hall–Kier alpha value is -1.61. The molecule has 0 N–H and O–H groups in total. The number of para-hydroxylation sites is 1. The van der Waals surface area contributed by atoms with Crippen LogP contribution < -0.4 is 4.74 Å². The number of aromatic nitrogens is 2. The molecular weight excluding hydrogens is 212 g/mol. The molecule has 1 heterocycles. The zero-order chi connectivity index (χ0) is 10.7. The van der Waals surface area contributed by atoms with Gasteiger partial charge in [0.1, 0.15) is 5.75 Å². The maximum Gasteiger partial charge on any atom is 0.226 e. The average Bonchev–Trinajstić information content (AvgIpc) is 2.25. The highest BCUT2D eigenvalue weighted by atomic mass is 35.5. The fraction of sp³-hybridized carbons (Fsp3) is 0.0909. The predicted octanol–water partition coefficient (Wildman–Crippen LogP) is 3.23. The summed E-state index contributed by atoms with van der Waals surface area (Å²) < 4.78 is 5.55. The summed E-state index contributed by atoms with van der Waals surface area (Å²) in [5, 5.41) is 0.187. The third kappa shape index (κ3) is 2.44. The maximum atomic E-state index is 5.68. The Kier molecular flexibility index (Phi) is 2.83. The Balaban J connectivity index is 2.28.